The maximum absolute atomic E-state index is 11.3. The lowest BCUT2D eigenvalue weighted by Crippen LogP contribution is -2.35. The van der Waals surface area contributed by atoms with E-state index in [1.165, 1.54) is 19.4 Å². The number of likely N-dealkylation sites (N-methyl/N-ethyl adjacent to an activating group) is 1. The number of nitrogens with zero attached hydrogens (tertiary/aromatic N) is 1. The molecule has 98 valence electrons. The number of hydrogen-bond acceptors (Lipinski definition) is 3. The minimum atomic E-state index is -0.356. The summed E-state index contributed by atoms with van der Waals surface area (Å²) in [5.41, 5.74) is 6.95. The Morgan fingerprint density at radius 1 is 1.50 bits per heavy atom. The molecular formula is C14H21N3O. The van der Waals surface area contributed by atoms with Crippen LogP contribution >= 0.6 is 0 Å². The molecule has 0 radical (unpaired) electrons. The van der Waals surface area contributed by atoms with Crippen molar-refractivity contribution >= 4 is 5.91 Å². The van der Waals surface area contributed by atoms with Gasteiger partial charge in [0.15, 0.2) is 0 Å². The highest BCUT2D eigenvalue weighted by molar-refractivity contribution is 5.94. The lowest BCUT2D eigenvalue weighted by molar-refractivity contribution is 0.0999. The maximum Gasteiger partial charge on any atom is 0.249 e. The van der Waals surface area contributed by atoms with Gasteiger partial charge in [0.25, 0.3) is 0 Å². The number of carbonyl (C=O) groups is 1. The number of likely N-dealkylation sites (tertiary alicyclic amines) is 1. The molecule has 1 aliphatic rings. The fourth-order valence-electron chi connectivity index (χ4n) is 2.53. The monoisotopic (exact) mass is 247 g/mol. The SMILES string of the molecule is CN1CCCC1CNCc1ccccc1C(N)=O. The van der Waals surface area contributed by atoms with Gasteiger partial charge in [-0.05, 0) is 38.1 Å². The van der Waals surface area contributed by atoms with Crippen LogP contribution < -0.4 is 11.1 Å². The molecule has 1 aromatic rings. The molecule has 4 heteroatoms. The molecular weight excluding hydrogens is 226 g/mol. The number of amides is 1. The first-order valence-corrected chi connectivity index (χ1v) is 6.47. The van der Waals surface area contributed by atoms with Crippen LogP contribution in [0.25, 0.3) is 0 Å². The zero-order chi connectivity index (χ0) is 13.0. The van der Waals surface area contributed by atoms with Crippen molar-refractivity contribution in [3.63, 3.8) is 0 Å². The summed E-state index contributed by atoms with van der Waals surface area (Å²) in [6.45, 7) is 2.84. The van der Waals surface area contributed by atoms with Crippen LogP contribution in [0.2, 0.25) is 0 Å². The first-order valence-electron chi connectivity index (χ1n) is 6.47. The Hall–Kier alpha value is -1.39. The molecule has 0 bridgehead atoms. The van der Waals surface area contributed by atoms with E-state index in [9.17, 15) is 4.79 Å². The molecule has 2 rings (SSSR count). The third-order valence-corrected chi connectivity index (χ3v) is 3.65. The zero-order valence-electron chi connectivity index (χ0n) is 10.9. The number of rotatable bonds is 5. The molecule has 1 fully saturated rings. The maximum atomic E-state index is 11.3. The predicted octanol–water partition coefficient (Wildman–Crippen LogP) is 0.969. The van der Waals surface area contributed by atoms with E-state index in [1.807, 2.05) is 18.2 Å². The molecule has 3 N–H and O–H groups in total. The van der Waals surface area contributed by atoms with Crippen LogP contribution in [0.3, 0.4) is 0 Å². The second kappa shape index (κ2) is 5.98. The second-order valence-corrected chi connectivity index (χ2v) is 4.93. The summed E-state index contributed by atoms with van der Waals surface area (Å²) < 4.78 is 0. The average molecular weight is 247 g/mol. The minimum absolute atomic E-state index is 0.356. The number of primary amides is 1. The molecule has 1 amide bonds. The molecule has 1 heterocycles. The third kappa shape index (κ3) is 3.09. The molecule has 0 aromatic heterocycles. The molecule has 1 atom stereocenters. The van der Waals surface area contributed by atoms with Crippen molar-refractivity contribution in [1.29, 1.82) is 0 Å². The highest BCUT2D eigenvalue weighted by Gasteiger charge is 2.20. The van der Waals surface area contributed by atoms with Gasteiger partial charge in [-0.3, -0.25) is 4.79 Å². The van der Waals surface area contributed by atoms with E-state index in [0.717, 1.165) is 12.1 Å². The molecule has 18 heavy (non-hydrogen) atoms. The van der Waals surface area contributed by atoms with Gasteiger partial charge in [0.1, 0.15) is 0 Å². The normalized spacial score (nSPS) is 20.2. The highest BCUT2D eigenvalue weighted by Crippen LogP contribution is 2.14. The number of nitrogens with one attached hydrogen (secondary N) is 1. The molecule has 1 aliphatic heterocycles. The van der Waals surface area contributed by atoms with Crippen molar-refractivity contribution in [3.05, 3.63) is 35.4 Å². The lowest BCUT2D eigenvalue weighted by atomic mass is 10.1. The van der Waals surface area contributed by atoms with Crippen LogP contribution in [0.5, 0.6) is 0 Å². The van der Waals surface area contributed by atoms with Crippen LogP contribution in [0.4, 0.5) is 0 Å². The van der Waals surface area contributed by atoms with Crippen LogP contribution in [0.15, 0.2) is 24.3 Å². The van der Waals surface area contributed by atoms with E-state index in [1.54, 1.807) is 6.07 Å². The first kappa shape index (κ1) is 13.1. The Morgan fingerprint density at radius 2 is 2.28 bits per heavy atom. The largest absolute Gasteiger partial charge is 0.366 e. The van der Waals surface area contributed by atoms with Gasteiger partial charge in [0.05, 0.1) is 0 Å². The van der Waals surface area contributed by atoms with Gasteiger partial charge in [-0.1, -0.05) is 18.2 Å². The minimum Gasteiger partial charge on any atom is -0.366 e. The molecule has 1 saturated heterocycles. The lowest BCUT2D eigenvalue weighted by Gasteiger charge is -2.20. The summed E-state index contributed by atoms with van der Waals surface area (Å²) >= 11 is 0. The molecule has 0 aliphatic carbocycles. The van der Waals surface area contributed by atoms with E-state index in [2.05, 4.69) is 17.3 Å². The summed E-state index contributed by atoms with van der Waals surface area (Å²) in [6.07, 6.45) is 2.53. The van der Waals surface area contributed by atoms with Crippen molar-refractivity contribution in [2.75, 3.05) is 20.1 Å². The van der Waals surface area contributed by atoms with Crippen molar-refractivity contribution in [3.8, 4) is 0 Å². The zero-order valence-corrected chi connectivity index (χ0v) is 10.9. The predicted molar refractivity (Wildman–Crippen MR) is 72.3 cm³/mol. The van der Waals surface area contributed by atoms with Crippen molar-refractivity contribution < 1.29 is 4.79 Å². The Kier molecular flexibility index (Phi) is 4.33. The van der Waals surface area contributed by atoms with Crippen molar-refractivity contribution in [2.45, 2.75) is 25.4 Å². The molecule has 1 aromatic carbocycles. The Labute approximate surface area is 108 Å². The van der Waals surface area contributed by atoms with Gasteiger partial charge in [0.2, 0.25) is 5.91 Å². The summed E-state index contributed by atoms with van der Waals surface area (Å²) in [5, 5.41) is 3.42. The second-order valence-electron chi connectivity index (χ2n) is 4.93. The Morgan fingerprint density at radius 3 is 2.94 bits per heavy atom. The van der Waals surface area contributed by atoms with Crippen LogP contribution in [0, 0.1) is 0 Å². The summed E-state index contributed by atoms with van der Waals surface area (Å²) in [7, 11) is 2.16. The van der Waals surface area contributed by atoms with Gasteiger partial charge in [0, 0.05) is 24.7 Å². The van der Waals surface area contributed by atoms with Crippen LogP contribution in [-0.4, -0.2) is 37.0 Å². The van der Waals surface area contributed by atoms with E-state index >= 15 is 0 Å². The molecule has 1 unspecified atom stereocenters. The Bertz CT molecular complexity index is 419. The van der Waals surface area contributed by atoms with Crippen LogP contribution in [0.1, 0.15) is 28.8 Å². The van der Waals surface area contributed by atoms with Crippen LogP contribution in [-0.2, 0) is 6.54 Å². The quantitative estimate of drug-likeness (QED) is 0.815. The van der Waals surface area contributed by atoms with Gasteiger partial charge < -0.3 is 16.0 Å². The smallest absolute Gasteiger partial charge is 0.249 e. The fourth-order valence-corrected chi connectivity index (χ4v) is 2.53. The van der Waals surface area contributed by atoms with Gasteiger partial charge in [-0.2, -0.15) is 0 Å². The van der Waals surface area contributed by atoms with E-state index < -0.39 is 0 Å². The van der Waals surface area contributed by atoms with E-state index in [4.69, 9.17) is 5.73 Å². The van der Waals surface area contributed by atoms with Crippen molar-refractivity contribution in [1.82, 2.24) is 10.2 Å². The topological polar surface area (TPSA) is 58.4 Å². The van der Waals surface area contributed by atoms with Gasteiger partial charge in [-0.25, -0.2) is 0 Å². The number of carbonyl (C=O) groups excluding carboxylic acids is 1. The molecule has 4 nitrogen and oxygen atoms in total. The third-order valence-electron chi connectivity index (χ3n) is 3.65. The summed E-state index contributed by atoms with van der Waals surface area (Å²) in [4.78, 5) is 13.7. The van der Waals surface area contributed by atoms with Gasteiger partial charge >= 0.3 is 0 Å². The van der Waals surface area contributed by atoms with E-state index in [-0.39, 0.29) is 5.91 Å². The molecule has 0 spiro atoms. The highest BCUT2D eigenvalue weighted by atomic mass is 16.1. The standard InChI is InChI=1S/C14H21N3O/c1-17-8-4-6-12(17)10-16-9-11-5-2-3-7-13(11)14(15)18/h2-3,5,7,12,16H,4,6,8-10H2,1H3,(H2,15,18). The number of hydrogen-bond donors (Lipinski definition) is 2. The molecule has 0 saturated carbocycles. The van der Waals surface area contributed by atoms with Crippen molar-refractivity contribution in [2.24, 2.45) is 5.73 Å². The average Bonchev–Trinajstić information content (AvgIpc) is 2.76. The Balaban J connectivity index is 1.88. The fraction of sp³-hybridized carbons (Fsp3) is 0.500. The first-order chi connectivity index (χ1) is 8.68. The summed E-state index contributed by atoms with van der Waals surface area (Å²) in [6, 6.07) is 8.12. The van der Waals surface area contributed by atoms with E-state index in [0.29, 0.717) is 18.2 Å². The van der Waals surface area contributed by atoms with Gasteiger partial charge in [-0.15, -0.1) is 0 Å². The summed E-state index contributed by atoms with van der Waals surface area (Å²) in [5.74, 6) is -0.356. The number of benzene rings is 1. The number of nitrogens with two attached hydrogens (primary N) is 1.